The number of likely N-dealkylation sites (tertiary alicyclic amines) is 1. The van der Waals surface area contributed by atoms with Gasteiger partial charge in [-0.25, -0.2) is 4.98 Å². The van der Waals surface area contributed by atoms with Gasteiger partial charge in [-0.2, -0.15) is 0 Å². The number of fused-ring (bicyclic) bond motifs is 1. The Labute approximate surface area is 163 Å². The summed E-state index contributed by atoms with van der Waals surface area (Å²) in [6, 6.07) is 20.3. The van der Waals surface area contributed by atoms with Crippen LogP contribution in [0.3, 0.4) is 0 Å². The van der Waals surface area contributed by atoms with Gasteiger partial charge >= 0.3 is 0 Å². The molecule has 4 nitrogen and oxygen atoms in total. The molecule has 0 unspecified atom stereocenters. The highest BCUT2D eigenvalue weighted by Crippen LogP contribution is 2.29. The highest BCUT2D eigenvalue weighted by atomic mass is 32.2. The summed E-state index contributed by atoms with van der Waals surface area (Å²) in [6.07, 6.45) is 0.996. The van der Waals surface area contributed by atoms with E-state index in [0.29, 0.717) is 37.4 Å². The number of piperidine rings is 1. The van der Waals surface area contributed by atoms with Crippen molar-refractivity contribution in [3.8, 4) is 0 Å². The van der Waals surface area contributed by atoms with Crippen molar-refractivity contribution in [3.63, 3.8) is 0 Å². The molecule has 1 aromatic heterocycles. The van der Waals surface area contributed by atoms with E-state index in [9.17, 15) is 9.90 Å². The number of carbonyl (C=O) groups excluding carboxylic acids is 1. The Kier molecular flexibility index (Phi) is 5.41. The van der Waals surface area contributed by atoms with Crippen LogP contribution in [-0.4, -0.2) is 40.1 Å². The molecule has 0 radical (unpaired) electrons. The zero-order chi connectivity index (χ0) is 18.6. The maximum Gasteiger partial charge on any atom is 0.272 e. The largest absolute Gasteiger partial charge is 0.393 e. The summed E-state index contributed by atoms with van der Waals surface area (Å²) in [6.45, 7) is 1.19. The maximum absolute atomic E-state index is 12.7. The van der Waals surface area contributed by atoms with E-state index in [-0.39, 0.29) is 12.0 Å². The van der Waals surface area contributed by atoms with Crippen molar-refractivity contribution in [2.45, 2.75) is 29.6 Å². The lowest BCUT2D eigenvalue weighted by Crippen LogP contribution is -2.40. The second-order valence-electron chi connectivity index (χ2n) is 6.80. The second-order valence-corrected chi connectivity index (χ2v) is 7.82. The van der Waals surface area contributed by atoms with Crippen LogP contribution in [-0.2, 0) is 5.75 Å². The number of pyridine rings is 1. The molecule has 1 N–H and O–H groups in total. The van der Waals surface area contributed by atoms with Crippen molar-refractivity contribution in [2.24, 2.45) is 0 Å². The minimum Gasteiger partial charge on any atom is -0.393 e. The number of aliphatic hydroxyl groups is 1. The predicted octanol–water partition coefficient (Wildman–Crippen LogP) is 4.12. The van der Waals surface area contributed by atoms with E-state index in [1.165, 1.54) is 15.7 Å². The minimum atomic E-state index is -0.287. The summed E-state index contributed by atoms with van der Waals surface area (Å²) in [5.41, 5.74) is 1.39. The van der Waals surface area contributed by atoms with E-state index >= 15 is 0 Å². The van der Waals surface area contributed by atoms with Gasteiger partial charge in [-0.1, -0.05) is 42.5 Å². The third-order valence-corrected chi connectivity index (χ3v) is 6.01. The van der Waals surface area contributed by atoms with Crippen LogP contribution in [0, 0.1) is 0 Å². The van der Waals surface area contributed by atoms with Crippen molar-refractivity contribution < 1.29 is 9.90 Å². The van der Waals surface area contributed by atoms with Gasteiger partial charge in [-0.15, -0.1) is 11.8 Å². The van der Waals surface area contributed by atoms with Crippen molar-refractivity contribution in [2.75, 3.05) is 13.1 Å². The molecule has 1 amide bonds. The first-order chi connectivity index (χ1) is 13.2. The van der Waals surface area contributed by atoms with Gasteiger partial charge in [0, 0.05) is 23.7 Å². The smallest absolute Gasteiger partial charge is 0.272 e. The van der Waals surface area contributed by atoms with E-state index in [1.807, 2.05) is 18.2 Å². The molecule has 5 heteroatoms. The van der Waals surface area contributed by atoms with E-state index in [2.05, 4.69) is 41.4 Å². The van der Waals surface area contributed by atoms with Gasteiger partial charge in [0.15, 0.2) is 0 Å². The van der Waals surface area contributed by atoms with Gasteiger partial charge in [-0.3, -0.25) is 4.79 Å². The van der Waals surface area contributed by atoms with Gasteiger partial charge in [-0.05, 0) is 41.8 Å². The quantitative estimate of drug-likeness (QED) is 0.694. The highest BCUT2D eigenvalue weighted by Gasteiger charge is 2.23. The third kappa shape index (κ3) is 4.15. The number of hydrogen-bond acceptors (Lipinski definition) is 4. The van der Waals surface area contributed by atoms with Crippen LogP contribution in [0.5, 0.6) is 0 Å². The zero-order valence-corrected chi connectivity index (χ0v) is 15.9. The average molecular weight is 378 g/mol. The lowest BCUT2D eigenvalue weighted by Gasteiger charge is -2.29. The van der Waals surface area contributed by atoms with E-state index in [4.69, 9.17) is 0 Å². The second kappa shape index (κ2) is 8.11. The Hall–Kier alpha value is -2.37. The van der Waals surface area contributed by atoms with Gasteiger partial charge in [0.1, 0.15) is 5.69 Å². The first-order valence-corrected chi connectivity index (χ1v) is 10.2. The molecule has 1 aliphatic rings. The molecular weight excluding hydrogens is 356 g/mol. The van der Waals surface area contributed by atoms with Gasteiger partial charge in [0.25, 0.3) is 5.91 Å². The molecular formula is C22H22N2O2S. The number of rotatable bonds is 4. The summed E-state index contributed by atoms with van der Waals surface area (Å²) in [5, 5.41) is 12.1. The third-order valence-electron chi connectivity index (χ3n) is 4.90. The molecule has 1 aliphatic heterocycles. The summed E-state index contributed by atoms with van der Waals surface area (Å²) >= 11 is 1.74. The lowest BCUT2D eigenvalue weighted by atomic mass is 10.1. The number of aromatic nitrogens is 1. The summed E-state index contributed by atoms with van der Waals surface area (Å²) in [4.78, 5) is 20.3. The summed E-state index contributed by atoms with van der Waals surface area (Å²) < 4.78 is 0. The normalized spacial score (nSPS) is 15.2. The van der Waals surface area contributed by atoms with E-state index in [1.54, 1.807) is 22.7 Å². The Balaban J connectivity index is 1.47. The highest BCUT2D eigenvalue weighted by molar-refractivity contribution is 7.98. The van der Waals surface area contributed by atoms with Crippen molar-refractivity contribution >= 4 is 28.4 Å². The fourth-order valence-corrected chi connectivity index (χ4v) is 4.36. The lowest BCUT2D eigenvalue weighted by molar-refractivity contribution is 0.0541. The maximum atomic E-state index is 12.7. The van der Waals surface area contributed by atoms with Crippen LogP contribution in [0.4, 0.5) is 0 Å². The molecule has 3 aromatic rings. The van der Waals surface area contributed by atoms with Crippen LogP contribution in [0.15, 0.2) is 65.6 Å². The number of thioether (sulfide) groups is 1. The Morgan fingerprint density at radius 2 is 1.78 bits per heavy atom. The van der Waals surface area contributed by atoms with Crippen molar-refractivity contribution in [3.05, 3.63) is 72.1 Å². The number of aliphatic hydroxyl groups excluding tert-OH is 1. The van der Waals surface area contributed by atoms with E-state index < -0.39 is 0 Å². The fourth-order valence-electron chi connectivity index (χ4n) is 3.38. The zero-order valence-electron chi connectivity index (χ0n) is 15.0. The average Bonchev–Trinajstić information content (AvgIpc) is 2.72. The Bertz CT molecular complexity index is 946. The first-order valence-electron chi connectivity index (χ1n) is 9.24. The van der Waals surface area contributed by atoms with Crippen molar-refractivity contribution in [1.29, 1.82) is 0 Å². The number of carbonyl (C=O) groups is 1. The molecule has 1 fully saturated rings. The van der Waals surface area contributed by atoms with Crippen LogP contribution in [0.1, 0.15) is 29.0 Å². The van der Waals surface area contributed by atoms with Gasteiger partial charge < -0.3 is 10.0 Å². The molecule has 2 aromatic carbocycles. The van der Waals surface area contributed by atoms with Gasteiger partial charge in [0.05, 0.1) is 11.8 Å². The van der Waals surface area contributed by atoms with E-state index in [0.717, 1.165) is 5.69 Å². The molecule has 0 atom stereocenters. The Morgan fingerprint density at radius 1 is 1.04 bits per heavy atom. The SMILES string of the molecule is O=C(c1cccc(CSc2cccc3ccccc23)n1)N1CCC(O)CC1. The molecule has 0 aliphatic carbocycles. The molecule has 4 rings (SSSR count). The van der Waals surface area contributed by atoms with Crippen molar-refractivity contribution in [1.82, 2.24) is 9.88 Å². The monoisotopic (exact) mass is 378 g/mol. The Morgan fingerprint density at radius 3 is 2.63 bits per heavy atom. The minimum absolute atomic E-state index is 0.0427. The number of amides is 1. The van der Waals surface area contributed by atoms with Crippen LogP contribution >= 0.6 is 11.8 Å². The molecule has 138 valence electrons. The molecule has 0 spiro atoms. The first kappa shape index (κ1) is 18.0. The number of benzene rings is 2. The van der Waals surface area contributed by atoms with Crippen LogP contribution in [0.2, 0.25) is 0 Å². The molecule has 27 heavy (non-hydrogen) atoms. The molecule has 0 bridgehead atoms. The van der Waals surface area contributed by atoms with Crippen LogP contribution in [0.25, 0.3) is 10.8 Å². The topological polar surface area (TPSA) is 53.4 Å². The summed E-state index contributed by atoms with van der Waals surface area (Å²) in [5.74, 6) is 0.673. The molecule has 1 saturated heterocycles. The predicted molar refractivity (Wildman–Crippen MR) is 109 cm³/mol. The van der Waals surface area contributed by atoms with Crippen LogP contribution < -0.4 is 0 Å². The molecule has 2 heterocycles. The summed E-state index contributed by atoms with van der Waals surface area (Å²) in [7, 11) is 0. The number of hydrogen-bond donors (Lipinski definition) is 1. The van der Waals surface area contributed by atoms with Gasteiger partial charge in [0.2, 0.25) is 0 Å². The molecule has 0 saturated carbocycles. The standard InChI is InChI=1S/C22H22N2O2S/c25-18-11-13-24(14-12-18)22(26)20-9-4-7-17(23-20)15-27-21-10-3-6-16-5-1-2-8-19(16)21/h1-10,18,25H,11-15H2. The fraction of sp³-hybridized carbons (Fsp3) is 0.273. The number of nitrogens with zero attached hydrogens (tertiary/aromatic N) is 2.